The van der Waals surface area contributed by atoms with E-state index in [1.165, 1.54) is 17.0 Å². The first kappa shape index (κ1) is 20.2. The molecular formula is C19H21N5O5S. The topological polar surface area (TPSA) is 131 Å². The van der Waals surface area contributed by atoms with Crippen molar-refractivity contribution in [2.24, 2.45) is 5.92 Å². The van der Waals surface area contributed by atoms with Crippen LogP contribution in [0.5, 0.6) is 5.75 Å². The molecule has 2 fully saturated rings. The molecule has 158 valence electrons. The van der Waals surface area contributed by atoms with Gasteiger partial charge in [-0.25, -0.2) is 17.9 Å². The monoisotopic (exact) mass is 431 g/mol. The van der Waals surface area contributed by atoms with E-state index in [9.17, 15) is 18.0 Å². The Morgan fingerprint density at radius 1 is 1.13 bits per heavy atom. The van der Waals surface area contributed by atoms with E-state index in [1.807, 2.05) is 0 Å². The van der Waals surface area contributed by atoms with Crippen LogP contribution in [0, 0.1) is 5.92 Å². The average molecular weight is 431 g/mol. The fourth-order valence-electron chi connectivity index (χ4n) is 2.85. The molecule has 1 saturated carbocycles. The maximum absolute atomic E-state index is 12.6. The van der Waals surface area contributed by atoms with E-state index < -0.39 is 16.1 Å². The van der Waals surface area contributed by atoms with Crippen LogP contribution in [0.2, 0.25) is 0 Å². The summed E-state index contributed by atoms with van der Waals surface area (Å²) in [5, 5.41) is 10.2. The highest BCUT2D eigenvalue weighted by Gasteiger charge is 2.27. The summed E-state index contributed by atoms with van der Waals surface area (Å²) >= 11 is 0. The van der Waals surface area contributed by atoms with Gasteiger partial charge in [-0.05, 0) is 43.0 Å². The highest BCUT2D eigenvalue weighted by molar-refractivity contribution is 7.89. The maximum Gasteiger partial charge on any atom is 0.324 e. The van der Waals surface area contributed by atoms with Crippen molar-refractivity contribution in [1.82, 2.24) is 25.1 Å². The zero-order valence-electron chi connectivity index (χ0n) is 16.1. The third kappa shape index (κ3) is 5.10. The van der Waals surface area contributed by atoms with Crippen molar-refractivity contribution in [2.45, 2.75) is 30.8 Å². The van der Waals surface area contributed by atoms with Crippen LogP contribution < -0.4 is 14.8 Å². The minimum atomic E-state index is -3.74. The number of carbonyl (C=O) groups excluding carboxylic acids is 2. The maximum atomic E-state index is 12.6. The molecule has 10 nitrogen and oxygen atoms in total. The summed E-state index contributed by atoms with van der Waals surface area (Å²) in [5.74, 6) is 0.740. The molecule has 2 heterocycles. The fourth-order valence-corrected chi connectivity index (χ4v) is 3.89. The quantitative estimate of drug-likeness (QED) is 0.562. The van der Waals surface area contributed by atoms with Gasteiger partial charge in [0.1, 0.15) is 12.3 Å². The van der Waals surface area contributed by atoms with Crippen LogP contribution in [0.3, 0.4) is 0 Å². The minimum absolute atomic E-state index is 0.0223. The van der Waals surface area contributed by atoms with Crippen LogP contribution in [0.1, 0.15) is 24.2 Å². The van der Waals surface area contributed by atoms with E-state index in [1.54, 1.807) is 24.3 Å². The van der Waals surface area contributed by atoms with Gasteiger partial charge in [-0.3, -0.25) is 10.1 Å². The lowest BCUT2D eigenvalue weighted by molar-refractivity contribution is -0.118. The molecule has 0 bridgehead atoms. The van der Waals surface area contributed by atoms with Gasteiger partial charge in [-0.1, -0.05) is 6.07 Å². The van der Waals surface area contributed by atoms with E-state index in [0.29, 0.717) is 29.7 Å². The largest absolute Gasteiger partial charge is 0.493 e. The molecule has 1 saturated heterocycles. The van der Waals surface area contributed by atoms with Crippen molar-refractivity contribution in [3.8, 4) is 5.75 Å². The molecule has 1 aliphatic heterocycles. The summed E-state index contributed by atoms with van der Waals surface area (Å²) in [4.78, 5) is 24.2. The molecule has 3 amide bonds. The van der Waals surface area contributed by atoms with Crippen molar-refractivity contribution >= 4 is 22.0 Å². The van der Waals surface area contributed by atoms with Gasteiger partial charge < -0.3 is 9.64 Å². The van der Waals surface area contributed by atoms with Crippen LogP contribution in [-0.4, -0.2) is 48.6 Å². The number of imide groups is 1. The number of hydrogen-bond acceptors (Lipinski definition) is 7. The number of rotatable bonds is 9. The molecule has 0 unspecified atom stereocenters. The number of hydrogen-bond donors (Lipinski definition) is 2. The molecular weight excluding hydrogens is 410 g/mol. The number of amides is 3. The van der Waals surface area contributed by atoms with E-state index in [2.05, 4.69) is 20.2 Å². The summed E-state index contributed by atoms with van der Waals surface area (Å²) in [5.41, 5.74) is 0.914. The number of carbonyl (C=O) groups is 2. The Morgan fingerprint density at radius 2 is 1.90 bits per heavy atom. The van der Waals surface area contributed by atoms with Crippen LogP contribution in [-0.2, 0) is 27.9 Å². The van der Waals surface area contributed by atoms with Gasteiger partial charge in [-0.15, -0.1) is 0 Å². The number of nitrogens with one attached hydrogen (secondary N) is 2. The Labute approximate surface area is 173 Å². The zero-order chi connectivity index (χ0) is 21.1. The number of nitrogens with zero attached hydrogens (tertiary/aromatic N) is 3. The molecule has 1 aromatic heterocycles. The summed E-state index contributed by atoms with van der Waals surface area (Å²) in [6.07, 6.45) is 2.31. The Balaban J connectivity index is 1.33. The lowest BCUT2D eigenvalue weighted by Gasteiger charge is -2.12. The third-order valence-corrected chi connectivity index (χ3v) is 6.14. The van der Waals surface area contributed by atoms with Crippen LogP contribution >= 0.6 is 0 Å². The first-order chi connectivity index (χ1) is 14.4. The first-order valence-corrected chi connectivity index (χ1v) is 11.0. The average Bonchev–Trinajstić information content (AvgIpc) is 3.50. The molecule has 30 heavy (non-hydrogen) atoms. The Morgan fingerprint density at radius 3 is 2.57 bits per heavy atom. The first-order valence-electron chi connectivity index (χ1n) is 9.52. The second-order valence-electron chi connectivity index (χ2n) is 7.28. The number of sulfonamides is 1. The predicted octanol–water partition coefficient (Wildman–Crippen LogP) is 0.796. The van der Waals surface area contributed by atoms with Gasteiger partial charge in [0.05, 0.1) is 36.0 Å². The predicted molar refractivity (Wildman–Crippen MR) is 105 cm³/mol. The normalized spacial score (nSPS) is 16.6. The summed E-state index contributed by atoms with van der Waals surface area (Å²) < 4.78 is 33.3. The van der Waals surface area contributed by atoms with Crippen LogP contribution in [0.25, 0.3) is 0 Å². The molecule has 0 spiro atoms. The third-order valence-electron chi connectivity index (χ3n) is 4.74. The van der Waals surface area contributed by atoms with E-state index in [4.69, 9.17) is 4.74 Å². The number of benzene rings is 1. The lowest BCUT2D eigenvalue weighted by Crippen LogP contribution is -2.28. The van der Waals surface area contributed by atoms with Gasteiger partial charge in [-0.2, -0.15) is 10.2 Å². The SMILES string of the molecule is O=C1CN(Cc2ccc(CNS(=O)(=O)c3cccc(OCC4CC4)c3)nn2)C(=O)N1. The zero-order valence-corrected chi connectivity index (χ0v) is 16.9. The molecule has 0 atom stereocenters. The summed E-state index contributed by atoms with van der Waals surface area (Å²) in [7, 11) is -3.74. The highest BCUT2D eigenvalue weighted by atomic mass is 32.2. The number of ether oxygens (including phenoxy) is 1. The van der Waals surface area contributed by atoms with Gasteiger partial charge in [0.15, 0.2) is 0 Å². The second kappa shape index (κ2) is 8.36. The molecule has 1 aromatic carbocycles. The van der Waals surface area contributed by atoms with Gasteiger partial charge in [0.2, 0.25) is 15.9 Å². The van der Waals surface area contributed by atoms with E-state index >= 15 is 0 Å². The van der Waals surface area contributed by atoms with Crippen molar-refractivity contribution < 1.29 is 22.7 Å². The molecule has 11 heteroatoms. The Hall–Kier alpha value is -3.05. The van der Waals surface area contributed by atoms with Crippen LogP contribution in [0.15, 0.2) is 41.3 Å². The number of urea groups is 1. The van der Waals surface area contributed by atoms with Gasteiger partial charge in [0, 0.05) is 6.07 Å². The number of aromatic nitrogens is 2. The summed E-state index contributed by atoms with van der Waals surface area (Å²) in [6.45, 7) is 0.688. The fraction of sp³-hybridized carbons (Fsp3) is 0.368. The van der Waals surface area contributed by atoms with Crippen LogP contribution in [0.4, 0.5) is 4.79 Å². The summed E-state index contributed by atoms with van der Waals surface area (Å²) in [6, 6.07) is 9.17. The molecule has 2 aromatic rings. The molecule has 1 aliphatic carbocycles. The molecule has 0 radical (unpaired) electrons. The highest BCUT2D eigenvalue weighted by Crippen LogP contribution is 2.30. The van der Waals surface area contributed by atoms with Crippen molar-refractivity contribution in [1.29, 1.82) is 0 Å². The van der Waals surface area contributed by atoms with Crippen molar-refractivity contribution in [2.75, 3.05) is 13.2 Å². The van der Waals surface area contributed by atoms with Gasteiger partial charge in [0.25, 0.3) is 0 Å². The van der Waals surface area contributed by atoms with Crippen molar-refractivity contribution in [3.63, 3.8) is 0 Å². The molecule has 2 aliphatic rings. The molecule has 4 rings (SSSR count). The van der Waals surface area contributed by atoms with E-state index in [-0.39, 0.29) is 30.4 Å². The second-order valence-corrected chi connectivity index (χ2v) is 9.05. The molecule has 2 N–H and O–H groups in total. The Kier molecular flexibility index (Phi) is 5.64. The van der Waals surface area contributed by atoms with E-state index in [0.717, 1.165) is 12.8 Å². The standard InChI is InChI=1S/C19H21N5O5S/c25-18-11-24(19(26)21-18)10-15-7-6-14(22-23-15)9-20-30(27,28)17-3-1-2-16(8-17)29-12-13-4-5-13/h1-3,6-8,13,20H,4-5,9-12H2,(H,21,25,26). The lowest BCUT2D eigenvalue weighted by atomic mass is 10.3. The van der Waals surface area contributed by atoms with Gasteiger partial charge >= 0.3 is 6.03 Å². The Bertz CT molecular complexity index is 1050. The van der Waals surface area contributed by atoms with Crippen molar-refractivity contribution in [3.05, 3.63) is 47.8 Å². The minimum Gasteiger partial charge on any atom is -0.493 e. The smallest absolute Gasteiger partial charge is 0.324 e.